The molecule has 0 saturated heterocycles. The average molecular weight is 311 g/mol. The van der Waals surface area contributed by atoms with Crippen LogP contribution in [0.4, 0.5) is 0 Å². The van der Waals surface area contributed by atoms with Gasteiger partial charge in [-0.2, -0.15) is 0 Å². The fourth-order valence-corrected chi connectivity index (χ4v) is 2.39. The van der Waals surface area contributed by atoms with Crippen LogP contribution in [-0.2, 0) is 0 Å². The molecule has 7 heteroatoms. The first kappa shape index (κ1) is 13.4. The van der Waals surface area contributed by atoms with Gasteiger partial charge in [0.2, 0.25) is 6.79 Å². The van der Waals surface area contributed by atoms with E-state index >= 15 is 0 Å². The molecule has 0 atom stereocenters. The second kappa shape index (κ2) is 5.20. The second-order valence-electron chi connectivity index (χ2n) is 4.97. The fraction of sp³-hybridized carbons (Fsp3) is 0.125. The van der Waals surface area contributed by atoms with Crippen LogP contribution in [0.5, 0.6) is 23.0 Å². The molecule has 0 aliphatic carbocycles. The Balaban J connectivity index is 1.69. The molecule has 2 heterocycles. The Morgan fingerprint density at radius 3 is 2.87 bits per heavy atom. The summed E-state index contributed by atoms with van der Waals surface area (Å²) >= 11 is 0. The zero-order chi connectivity index (χ0) is 15.8. The maximum Gasteiger partial charge on any atom is 0.231 e. The number of rotatable bonds is 3. The minimum absolute atomic E-state index is 0.0828. The van der Waals surface area contributed by atoms with Crippen LogP contribution in [0.1, 0.15) is 0 Å². The SMILES string of the molecule is COc1cc(-c2cn(-c3ccc4c(c3)OCO4)nn2)ccc1O. The minimum atomic E-state index is 0.0828. The number of ether oxygens (including phenoxy) is 3. The molecule has 0 bridgehead atoms. The summed E-state index contributed by atoms with van der Waals surface area (Å²) in [6.45, 7) is 0.231. The molecule has 4 rings (SSSR count). The number of benzene rings is 2. The van der Waals surface area contributed by atoms with E-state index in [1.54, 1.807) is 29.1 Å². The molecule has 0 spiro atoms. The Labute approximate surface area is 131 Å². The second-order valence-corrected chi connectivity index (χ2v) is 4.97. The molecule has 0 saturated carbocycles. The van der Waals surface area contributed by atoms with E-state index in [1.807, 2.05) is 18.2 Å². The van der Waals surface area contributed by atoms with Crippen molar-refractivity contribution in [2.75, 3.05) is 13.9 Å². The van der Waals surface area contributed by atoms with Crippen LogP contribution in [-0.4, -0.2) is 34.0 Å². The highest BCUT2D eigenvalue weighted by atomic mass is 16.7. The van der Waals surface area contributed by atoms with Gasteiger partial charge in [-0.15, -0.1) is 5.10 Å². The lowest BCUT2D eigenvalue weighted by molar-refractivity contribution is 0.174. The Morgan fingerprint density at radius 1 is 1.13 bits per heavy atom. The number of aromatic hydroxyl groups is 1. The first-order valence-electron chi connectivity index (χ1n) is 6.94. The van der Waals surface area contributed by atoms with E-state index in [4.69, 9.17) is 14.2 Å². The number of hydrogen-bond donors (Lipinski definition) is 1. The number of fused-ring (bicyclic) bond motifs is 1. The van der Waals surface area contributed by atoms with Crippen LogP contribution in [0.3, 0.4) is 0 Å². The highest BCUT2D eigenvalue weighted by Crippen LogP contribution is 2.34. The predicted octanol–water partition coefficient (Wildman–Crippen LogP) is 2.38. The summed E-state index contributed by atoms with van der Waals surface area (Å²) < 4.78 is 17.4. The lowest BCUT2D eigenvalue weighted by Crippen LogP contribution is -1.94. The van der Waals surface area contributed by atoms with Gasteiger partial charge >= 0.3 is 0 Å². The highest BCUT2D eigenvalue weighted by Gasteiger charge is 2.15. The van der Waals surface area contributed by atoms with Crippen molar-refractivity contribution >= 4 is 0 Å². The lowest BCUT2D eigenvalue weighted by Gasteiger charge is -2.04. The van der Waals surface area contributed by atoms with Crippen molar-refractivity contribution in [3.8, 4) is 39.9 Å². The smallest absolute Gasteiger partial charge is 0.231 e. The van der Waals surface area contributed by atoms with Crippen LogP contribution in [0, 0.1) is 0 Å². The summed E-state index contributed by atoms with van der Waals surface area (Å²) in [5.74, 6) is 1.88. The first-order chi connectivity index (χ1) is 11.2. The van der Waals surface area contributed by atoms with Crippen molar-refractivity contribution in [1.82, 2.24) is 15.0 Å². The molecule has 1 aromatic heterocycles. The van der Waals surface area contributed by atoms with Crippen molar-refractivity contribution in [2.24, 2.45) is 0 Å². The summed E-state index contributed by atoms with van der Waals surface area (Å²) in [5, 5.41) is 18.0. The van der Waals surface area contributed by atoms with E-state index in [-0.39, 0.29) is 12.5 Å². The maximum absolute atomic E-state index is 9.66. The molecule has 1 aliphatic rings. The zero-order valence-electron chi connectivity index (χ0n) is 12.3. The third-order valence-corrected chi connectivity index (χ3v) is 3.59. The Kier molecular flexibility index (Phi) is 3.04. The number of methoxy groups -OCH3 is 1. The molecule has 0 amide bonds. The van der Waals surface area contributed by atoms with E-state index in [0.29, 0.717) is 17.2 Å². The summed E-state index contributed by atoms with van der Waals surface area (Å²) in [5.41, 5.74) is 2.28. The maximum atomic E-state index is 9.66. The van der Waals surface area contributed by atoms with Crippen molar-refractivity contribution in [3.63, 3.8) is 0 Å². The molecule has 1 N–H and O–H groups in total. The monoisotopic (exact) mass is 311 g/mol. The summed E-state index contributed by atoms with van der Waals surface area (Å²) in [4.78, 5) is 0. The largest absolute Gasteiger partial charge is 0.504 e. The van der Waals surface area contributed by atoms with E-state index in [2.05, 4.69) is 10.3 Å². The van der Waals surface area contributed by atoms with E-state index < -0.39 is 0 Å². The molecule has 3 aromatic rings. The molecule has 7 nitrogen and oxygen atoms in total. The Bertz CT molecular complexity index is 850. The number of phenols is 1. The normalized spacial score (nSPS) is 12.4. The molecule has 0 radical (unpaired) electrons. The van der Waals surface area contributed by atoms with Crippen molar-refractivity contribution in [2.45, 2.75) is 0 Å². The van der Waals surface area contributed by atoms with Gasteiger partial charge in [0.1, 0.15) is 5.69 Å². The number of hydrogen-bond acceptors (Lipinski definition) is 6. The van der Waals surface area contributed by atoms with Crippen LogP contribution in [0.15, 0.2) is 42.6 Å². The van der Waals surface area contributed by atoms with Crippen LogP contribution in [0.25, 0.3) is 16.9 Å². The Hall–Kier alpha value is -3.22. The molecule has 2 aromatic carbocycles. The third kappa shape index (κ3) is 2.32. The number of aromatic nitrogens is 3. The number of phenolic OH excluding ortho intramolecular Hbond substituents is 1. The van der Waals surface area contributed by atoms with Crippen LogP contribution >= 0.6 is 0 Å². The van der Waals surface area contributed by atoms with Crippen LogP contribution < -0.4 is 14.2 Å². The zero-order valence-corrected chi connectivity index (χ0v) is 12.3. The van der Waals surface area contributed by atoms with E-state index in [0.717, 1.165) is 17.0 Å². The van der Waals surface area contributed by atoms with E-state index in [9.17, 15) is 5.11 Å². The Morgan fingerprint density at radius 2 is 2.00 bits per heavy atom. The first-order valence-corrected chi connectivity index (χ1v) is 6.94. The van der Waals surface area contributed by atoms with Crippen LogP contribution in [0.2, 0.25) is 0 Å². The quantitative estimate of drug-likeness (QED) is 0.800. The van der Waals surface area contributed by atoms with Gasteiger partial charge in [0.05, 0.1) is 19.0 Å². The molecular formula is C16H13N3O4. The van der Waals surface area contributed by atoms with Gasteiger partial charge in [0.15, 0.2) is 23.0 Å². The average Bonchev–Trinajstić information content (AvgIpc) is 3.23. The lowest BCUT2D eigenvalue weighted by atomic mass is 10.1. The van der Waals surface area contributed by atoms with E-state index in [1.165, 1.54) is 7.11 Å². The van der Waals surface area contributed by atoms with Gasteiger partial charge in [-0.3, -0.25) is 0 Å². The minimum Gasteiger partial charge on any atom is -0.504 e. The standard InChI is InChI=1S/C16H13N3O4/c1-21-15-6-10(2-4-13(15)20)12-8-19(18-17-12)11-3-5-14-16(7-11)23-9-22-14/h2-8,20H,9H2,1H3. The summed E-state index contributed by atoms with van der Waals surface area (Å²) in [6, 6.07) is 10.6. The topological polar surface area (TPSA) is 78.6 Å². The fourth-order valence-electron chi connectivity index (χ4n) is 2.39. The van der Waals surface area contributed by atoms with Crippen molar-refractivity contribution in [1.29, 1.82) is 0 Å². The van der Waals surface area contributed by atoms with Crippen molar-refractivity contribution < 1.29 is 19.3 Å². The third-order valence-electron chi connectivity index (χ3n) is 3.59. The molecular weight excluding hydrogens is 298 g/mol. The summed E-state index contributed by atoms with van der Waals surface area (Å²) in [6.07, 6.45) is 1.79. The van der Waals surface area contributed by atoms with Gasteiger partial charge in [-0.25, -0.2) is 4.68 Å². The highest BCUT2D eigenvalue weighted by molar-refractivity contribution is 5.63. The van der Waals surface area contributed by atoms with Gasteiger partial charge in [-0.1, -0.05) is 5.21 Å². The molecule has 1 aliphatic heterocycles. The van der Waals surface area contributed by atoms with Gasteiger partial charge in [0.25, 0.3) is 0 Å². The summed E-state index contributed by atoms with van der Waals surface area (Å²) in [7, 11) is 1.50. The molecule has 0 fully saturated rings. The van der Waals surface area contributed by atoms with Gasteiger partial charge < -0.3 is 19.3 Å². The molecule has 0 unspecified atom stereocenters. The van der Waals surface area contributed by atoms with Crippen molar-refractivity contribution in [3.05, 3.63) is 42.6 Å². The van der Waals surface area contributed by atoms with Gasteiger partial charge in [0, 0.05) is 11.6 Å². The predicted molar refractivity (Wildman–Crippen MR) is 81.1 cm³/mol. The van der Waals surface area contributed by atoms with Gasteiger partial charge in [-0.05, 0) is 30.3 Å². The number of nitrogens with zero attached hydrogens (tertiary/aromatic N) is 3. The molecule has 116 valence electrons. The molecule has 23 heavy (non-hydrogen) atoms.